The molecule has 3 nitrogen and oxygen atoms in total. The Balaban J connectivity index is 2.17. The first-order valence-electron chi connectivity index (χ1n) is 6.56. The van der Waals surface area contributed by atoms with Crippen LogP contribution in [0.15, 0.2) is 48.0 Å². The summed E-state index contributed by atoms with van der Waals surface area (Å²) in [7, 11) is 2.08. The van der Waals surface area contributed by atoms with Gasteiger partial charge in [-0.1, -0.05) is 17.6 Å². The van der Waals surface area contributed by atoms with E-state index in [1.807, 2.05) is 6.07 Å². The van der Waals surface area contributed by atoms with Gasteiger partial charge in [0.05, 0.1) is 11.1 Å². The minimum atomic E-state index is 1.02. The van der Waals surface area contributed by atoms with E-state index in [2.05, 4.69) is 64.2 Å². The number of nitrogens with zero attached hydrogens (tertiary/aromatic N) is 3. The Labute approximate surface area is 120 Å². The molecule has 0 aliphatic rings. The van der Waals surface area contributed by atoms with E-state index in [1.54, 1.807) is 11.5 Å². The molecular formula is C16H14N3S+. The predicted octanol–water partition coefficient (Wildman–Crippen LogP) is 3.35. The molecule has 20 heavy (non-hydrogen) atoms. The van der Waals surface area contributed by atoms with Crippen molar-refractivity contribution in [3.05, 3.63) is 53.5 Å². The zero-order valence-corrected chi connectivity index (χ0v) is 12.2. The zero-order chi connectivity index (χ0) is 13.7. The van der Waals surface area contributed by atoms with Gasteiger partial charge in [-0.3, -0.25) is 0 Å². The molecule has 1 aromatic carbocycles. The second kappa shape index (κ2) is 4.15. The third-order valence-electron chi connectivity index (χ3n) is 3.71. The third kappa shape index (κ3) is 1.51. The Morgan fingerprint density at radius 1 is 1.15 bits per heavy atom. The molecule has 0 fully saturated rings. The van der Waals surface area contributed by atoms with E-state index in [1.165, 1.54) is 22.3 Å². The minimum absolute atomic E-state index is 1.02. The first-order chi connectivity index (χ1) is 9.75. The average Bonchev–Trinajstić information content (AvgIpc) is 3.00. The fourth-order valence-corrected chi connectivity index (χ4v) is 3.49. The van der Waals surface area contributed by atoms with Crippen molar-refractivity contribution in [2.75, 3.05) is 0 Å². The molecule has 3 aromatic heterocycles. The van der Waals surface area contributed by atoms with Crippen LogP contribution in [0.3, 0.4) is 0 Å². The first-order valence-corrected chi connectivity index (χ1v) is 7.40. The molecule has 4 heteroatoms. The summed E-state index contributed by atoms with van der Waals surface area (Å²) in [5.41, 5.74) is 6.96. The lowest BCUT2D eigenvalue weighted by atomic mass is 10.0. The van der Waals surface area contributed by atoms with Crippen LogP contribution in [0, 0.1) is 6.92 Å². The maximum atomic E-state index is 4.81. The van der Waals surface area contributed by atoms with Crippen molar-refractivity contribution in [2.24, 2.45) is 7.05 Å². The fourth-order valence-electron chi connectivity index (χ4n) is 2.72. The van der Waals surface area contributed by atoms with E-state index in [0.717, 1.165) is 11.2 Å². The van der Waals surface area contributed by atoms with Gasteiger partial charge in [0.2, 0.25) is 5.69 Å². The maximum absolute atomic E-state index is 4.81. The predicted molar refractivity (Wildman–Crippen MR) is 81.9 cm³/mol. The Morgan fingerprint density at radius 2 is 2.05 bits per heavy atom. The van der Waals surface area contributed by atoms with Gasteiger partial charge in [0.15, 0.2) is 6.20 Å². The zero-order valence-electron chi connectivity index (χ0n) is 11.4. The highest BCUT2D eigenvalue weighted by Gasteiger charge is 2.18. The Kier molecular flexibility index (Phi) is 2.41. The van der Waals surface area contributed by atoms with Crippen LogP contribution < -0.4 is 4.57 Å². The van der Waals surface area contributed by atoms with Gasteiger partial charge in [0.25, 0.3) is 0 Å². The van der Waals surface area contributed by atoms with E-state index in [4.69, 9.17) is 4.98 Å². The van der Waals surface area contributed by atoms with Crippen LogP contribution in [0.2, 0.25) is 0 Å². The van der Waals surface area contributed by atoms with Crippen molar-refractivity contribution < 1.29 is 4.57 Å². The number of pyridine rings is 1. The van der Waals surface area contributed by atoms with Crippen LogP contribution in [0.25, 0.3) is 27.9 Å². The van der Waals surface area contributed by atoms with Gasteiger partial charge in [-0.2, -0.15) is 0 Å². The molecule has 0 spiro atoms. The molecule has 0 atom stereocenters. The van der Waals surface area contributed by atoms with E-state index < -0.39 is 0 Å². The molecule has 0 unspecified atom stereocenters. The van der Waals surface area contributed by atoms with Crippen LogP contribution in [-0.2, 0) is 7.05 Å². The molecule has 0 bridgehead atoms. The SMILES string of the molecule is Cc1ccc2c(nc3ccsn32)c1-c1cccc[n+]1C. The highest BCUT2D eigenvalue weighted by Crippen LogP contribution is 2.31. The van der Waals surface area contributed by atoms with Gasteiger partial charge in [0.1, 0.15) is 18.2 Å². The molecule has 0 N–H and O–H groups in total. The van der Waals surface area contributed by atoms with Crippen molar-refractivity contribution in [3.63, 3.8) is 0 Å². The molecule has 0 saturated carbocycles. The highest BCUT2D eigenvalue weighted by molar-refractivity contribution is 7.05. The van der Waals surface area contributed by atoms with Gasteiger partial charge in [-0.05, 0) is 30.7 Å². The lowest BCUT2D eigenvalue weighted by Gasteiger charge is -2.05. The van der Waals surface area contributed by atoms with E-state index >= 15 is 0 Å². The van der Waals surface area contributed by atoms with E-state index in [9.17, 15) is 0 Å². The summed E-state index contributed by atoms with van der Waals surface area (Å²) in [6, 6.07) is 12.7. The number of rotatable bonds is 1. The molecule has 0 aliphatic heterocycles. The van der Waals surface area contributed by atoms with Crippen molar-refractivity contribution in [2.45, 2.75) is 6.92 Å². The normalized spacial score (nSPS) is 11.5. The number of imidazole rings is 1. The van der Waals surface area contributed by atoms with E-state index in [-0.39, 0.29) is 0 Å². The second-order valence-electron chi connectivity index (χ2n) is 4.99. The molecule has 3 heterocycles. The van der Waals surface area contributed by atoms with Crippen molar-refractivity contribution in [1.29, 1.82) is 0 Å². The van der Waals surface area contributed by atoms with Gasteiger partial charge in [-0.15, -0.1) is 0 Å². The van der Waals surface area contributed by atoms with Gasteiger partial charge in [-0.25, -0.2) is 13.3 Å². The number of benzene rings is 1. The van der Waals surface area contributed by atoms with Crippen molar-refractivity contribution >= 4 is 28.2 Å². The highest BCUT2D eigenvalue weighted by atomic mass is 32.1. The molecule has 0 aliphatic carbocycles. The Hall–Kier alpha value is -2.20. The average molecular weight is 280 g/mol. The van der Waals surface area contributed by atoms with Gasteiger partial charge < -0.3 is 0 Å². The first kappa shape index (κ1) is 11.6. The van der Waals surface area contributed by atoms with Crippen LogP contribution in [0.5, 0.6) is 0 Å². The summed E-state index contributed by atoms with van der Waals surface area (Å²) in [4.78, 5) is 4.81. The molecule has 4 rings (SSSR count). The maximum Gasteiger partial charge on any atom is 0.214 e. The number of aryl methyl sites for hydroxylation is 2. The largest absolute Gasteiger partial charge is 0.247 e. The van der Waals surface area contributed by atoms with E-state index in [0.29, 0.717) is 0 Å². The molecule has 0 radical (unpaired) electrons. The summed E-state index contributed by atoms with van der Waals surface area (Å²) in [6.07, 6.45) is 2.08. The van der Waals surface area contributed by atoms with Gasteiger partial charge in [0, 0.05) is 17.5 Å². The summed E-state index contributed by atoms with van der Waals surface area (Å²) in [6.45, 7) is 2.15. The minimum Gasteiger partial charge on any atom is -0.247 e. The van der Waals surface area contributed by atoms with Crippen molar-refractivity contribution in [1.82, 2.24) is 8.77 Å². The fraction of sp³-hybridized carbons (Fsp3) is 0.125. The number of fused-ring (bicyclic) bond motifs is 3. The second-order valence-corrected chi connectivity index (χ2v) is 5.84. The summed E-state index contributed by atoms with van der Waals surface area (Å²) in [5, 5.41) is 2.07. The smallest absolute Gasteiger partial charge is 0.214 e. The van der Waals surface area contributed by atoms with Crippen LogP contribution >= 0.6 is 11.5 Å². The summed E-state index contributed by atoms with van der Waals surface area (Å²) < 4.78 is 4.33. The lowest BCUT2D eigenvalue weighted by Crippen LogP contribution is -2.30. The summed E-state index contributed by atoms with van der Waals surface area (Å²) in [5.74, 6) is 0. The molecule has 98 valence electrons. The van der Waals surface area contributed by atoms with Crippen molar-refractivity contribution in [3.8, 4) is 11.3 Å². The topological polar surface area (TPSA) is 21.2 Å². The van der Waals surface area contributed by atoms with Crippen LogP contribution in [-0.4, -0.2) is 8.77 Å². The quantitative estimate of drug-likeness (QED) is 0.490. The number of hydrogen-bond acceptors (Lipinski definition) is 2. The van der Waals surface area contributed by atoms with Crippen LogP contribution in [0.4, 0.5) is 0 Å². The molecule has 4 aromatic rings. The monoisotopic (exact) mass is 280 g/mol. The van der Waals surface area contributed by atoms with Crippen LogP contribution in [0.1, 0.15) is 5.56 Å². The number of hydrogen-bond donors (Lipinski definition) is 0. The summed E-state index contributed by atoms with van der Waals surface area (Å²) >= 11 is 1.68. The molecule has 0 amide bonds. The van der Waals surface area contributed by atoms with Gasteiger partial charge >= 0.3 is 0 Å². The number of aromatic nitrogens is 3. The standard InChI is InChI=1S/C16H14N3S/c1-11-6-7-13-16(17-14-8-10-20-19(13)14)15(11)12-5-3-4-9-18(12)2/h3-10H,1-2H3/q+1. The third-order valence-corrected chi connectivity index (χ3v) is 4.56. The molecule has 0 saturated heterocycles. The Morgan fingerprint density at radius 3 is 2.90 bits per heavy atom. The Bertz CT molecular complexity index is 933. The lowest BCUT2D eigenvalue weighted by molar-refractivity contribution is -0.660. The molecular weight excluding hydrogens is 266 g/mol.